The molecule has 8 heteroatoms. The average molecular weight is 279 g/mol. The van der Waals surface area contributed by atoms with Crippen LogP contribution in [0.3, 0.4) is 0 Å². The highest BCUT2D eigenvalue weighted by molar-refractivity contribution is 7.98. The van der Waals surface area contributed by atoms with Crippen molar-refractivity contribution in [3.63, 3.8) is 0 Å². The van der Waals surface area contributed by atoms with Gasteiger partial charge in [-0.05, 0) is 18.4 Å². The molecule has 2 atom stereocenters. The molecule has 0 aliphatic carbocycles. The summed E-state index contributed by atoms with van der Waals surface area (Å²) in [5, 5.41) is 19.7. The number of hydrogen-bond donors (Lipinski definition) is 4. The molecule has 1 amide bonds. The molecule has 0 aliphatic rings. The molecule has 0 saturated heterocycles. The van der Waals surface area contributed by atoms with E-state index in [9.17, 15) is 14.4 Å². The van der Waals surface area contributed by atoms with E-state index in [1.807, 2.05) is 6.26 Å². The summed E-state index contributed by atoms with van der Waals surface area (Å²) in [5.41, 5.74) is 3.65. The van der Waals surface area contributed by atoms with E-state index < -0.39 is 29.9 Å². The van der Waals surface area contributed by atoms with Crippen LogP contribution in [0, 0.1) is 0 Å². The van der Waals surface area contributed by atoms with Crippen LogP contribution in [0.4, 0.5) is 0 Å². The van der Waals surface area contributed by atoms with Gasteiger partial charge in [0.1, 0.15) is 6.04 Å². The van der Waals surface area contributed by atoms with Crippen molar-refractivity contribution in [2.24, 2.45) is 0 Å². The maximum Gasteiger partial charge on any atom is 0.326 e. The van der Waals surface area contributed by atoms with Gasteiger partial charge >= 0.3 is 11.9 Å². The largest absolute Gasteiger partial charge is 0.481 e. The molecule has 0 bridgehead atoms. The predicted molar refractivity (Wildman–Crippen MR) is 66.1 cm³/mol. The zero-order valence-electron chi connectivity index (χ0n) is 10.2. The highest BCUT2D eigenvalue weighted by Crippen LogP contribution is 2.01. The lowest BCUT2D eigenvalue weighted by Gasteiger charge is -2.15. The van der Waals surface area contributed by atoms with E-state index in [0.717, 1.165) is 5.75 Å². The monoisotopic (exact) mass is 279 g/mol. The summed E-state index contributed by atoms with van der Waals surface area (Å²) in [5.74, 6) is -2.03. The molecule has 0 rings (SSSR count). The average Bonchev–Trinajstić information content (AvgIpc) is 2.30. The van der Waals surface area contributed by atoms with Gasteiger partial charge in [-0.3, -0.25) is 9.59 Å². The molecule has 0 unspecified atom stereocenters. The molecular weight excluding hydrogens is 260 g/mol. The Morgan fingerprint density at radius 3 is 2.33 bits per heavy atom. The Bertz CT molecular complexity index is 311. The quantitative estimate of drug-likeness (QED) is 0.418. The minimum atomic E-state index is -1.23. The van der Waals surface area contributed by atoms with Gasteiger partial charge in [0.25, 0.3) is 5.91 Å². The van der Waals surface area contributed by atoms with E-state index in [4.69, 9.17) is 10.2 Å². The summed E-state index contributed by atoms with van der Waals surface area (Å²) >= 11 is 1.57. The molecule has 0 saturated carbocycles. The van der Waals surface area contributed by atoms with E-state index in [1.165, 1.54) is 0 Å². The Morgan fingerprint density at radius 2 is 1.89 bits per heavy atom. The third-order valence-corrected chi connectivity index (χ3v) is 2.95. The van der Waals surface area contributed by atoms with Gasteiger partial charge in [0.15, 0.2) is 6.04 Å². The molecular formula is C10H19N2O5S+. The second-order valence-corrected chi connectivity index (χ2v) is 4.80. The zero-order valence-corrected chi connectivity index (χ0v) is 11.0. The molecule has 0 heterocycles. The van der Waals surface area contributed by atoms with Crippen molar-refractivity contribution in [2.45, 2.75) is 31.3 Å². The lowest BCUT2D eigenvalue weighted by atomic mass is 10.1. The van der Waals surface area contributed by atoms with Crippen LogP contribution in [0.5, 0.6) is 0 Å². The van der Waals surface area contributed by atoms with Crippen molar-refractivity contribution >= 4 is 29.6 Å². The molecule has 0 aromatic rings. The van der Waals surface area contributed by atoms with E-state index in [2.05, 4.69) is 11.1 Å². The number of carbonyl (C=O) groups excluding carboxylic acids is 1. The molecule has 6 N–H and O–H groups in total. The van der Waals surface area contributed by atoms with Crippen LogP contribution in [-0.2, 0) is 14.4 Å². The summed E-state index contributed by atoms with van der Waals surface area (Å²) < 4.78 is 0. The van der Waals surface area contributed by atoms with Gasteiger partial charge in [0, 0.05) is 12.8 Å². The molecule has 0 spiro atoms. The fourth-order valence-electron chi connectivity index (χ4n) is 1.21. The molecule has 0 fully saturated rings. The van der Waals surface area contributed by atoms with Crippen molar-refractivity contribution in [1.82, 2.24) is 5.32 Å². The van der Waals surface area contributed by atoms with Gasteiger partial charge in [-0.2, -0.15) is 11.8 Å². The number of carbonyl (C=O) groups is 3. The number of thioether (sulfide) groups is 1. The maximum atomic E-state index is 11.6. The molecule has 0 radical (unpaired) electrons. The Kier molecular flexibility index (Phi) is 8.14. The summed E-state index contributed by atoms with van der Waals surface area (Å²) in [4.78, 5) is 32.8. The molecule has 0 aromatic carbocycles. The Labute approximate surface area is 109 Å². The van der Waals surface area contributed by atoms with Gasteiger partial charge in [-0.1, -0.05) is 0 Å². The fraction of sp³-hybridized carbons (Fsp3) is 0.700. The Hall–Kier alpha value is -1.28. The van der Waals surface area contributed by atoms with Crippen LogP contribution in [0.1, 0.15) is 19.3 Å². The van der Waals surface area contributed by atoms with Crippen LogP contribution in [0.2, 0.25) is 0 Å². The predicted octanol–water partition coefficient (Wildman–Crippen LogP) is -1.22. The lowest BCUT2D eigenvalue weighted by Crippen LogP contribution is -2.68. The van der Waals surface area contributed by atoms with Gasteiger partial charge < -0.3 is 21.3 Å². The standard InChI is InChI=1S/C10H18N2O5S/c1-18-5-4-6(11)9(15)12-7(10(16)17)2-3-8(13)14/h6-7H,2-5,11H2,1H3,(H,12,15)(H,13,14)(H,16,17)/p+1/t6-,7-/m0/s1. The minimum absolute atomic E-state index is 0.133. The van der Waals surface area contributed by atoms with E-state index in [0.29, 0.717) is 6.42 Å². The normalized spacial score (nSPS) is 13.7. The second kappa shape index (κ2) is 8.76. The topological polar surface area (TPSA) is 131 Å². The van der Waals surface area contributed by atoms with E-state index >= 15 is 0 Å². The second-order valence-electron chi connectivity index (χ2n) is 3.81. The number of amides is 1. The highest BCUT2D eigenvalue weighted by atomic mass is 32.2. The first kappa shape index (κ1) is 16.7. The fourth-order valence-corrected chi connectivity index (χ4v) is 1.73. The number of quaternary nitrogens is 1. The molecule has 7 nitrogen and oxygen atoms in total. The lowest BCUT2D eigenvalue weighted by molar-refractivity contribution is -0.404. The summed E-state index contributed by atoms with van der Waals surface area (Å²) in [7, 11) is 0. The molecule has 0 aliphatic heterocycles. The van der Waals surface area contributed by atoms with Gasteiger partial charge in [-0.25, -0.2) is 4.79 Å². The van der Waals surface area contributed by atoms with Crippen molar-refractivity contribution in [1.29, 1.82) is 0 Å². The van der Waals surface area contributed by atoms with Gasteiger partial charge in [-0.15, -0.1) is 0 Å². The molecule has 0 aromatic heterocycles. The molecule has 18 heavy (non-hydrogen) atoms. The van der Waals surface area contributed by atoms with E-state index in [-0.39, 0.29) is 12.8 Å². The van der Waals surface area contributed by atoms with Crippen LogP contribution < -0.4 is 11.1 Å². The number of aliphatic carboxylic acids is 2. The van der Waals surface area contributed by atoms with Crippen LogP contribution in [0.25, 0.3) is 0 Å². The number of hydrogen-bond acceptors (Lipinski definition) is 4. The summed E-state index contributed by atoms with van der Waals surface area (Å²) in [6, 6.07) is -1.70. The summed E-state index contributed by atoms with van der Waals surface area (Å²) in [6.45, 7) is 0. The Balaban J connectivity index is 4.26. The van der Waals surface area contributed by atoms with Crippen LogP contribution in [-0.4, -0.2) is 52.2 Å². The SMILES string of the molecule is CSCC[C@H]([NH3+])C(=O)N[C@@H](CCC(=O)O)C(=O)O. The van der Waals surface area contributed by atoms with E-state index in [1.54, 1.807) is 11.8 Å². The number of rotatable bonds is 9. The first-order valence-corrected chi connectivity index (χ1v) is 6.84. The first-order chi connectivity index (χ1) is 8.38. The van der Waals surface area contributed by atoms with Crippen molar-refractivity contribution in [3.8, 4) is 0 Å². The number of carboxylic acid groups (broad SMARTS) is 2. The highest BCUT2D eigenvalue weighted by Gasteiger charge is 2.25. The van der Waals surface area contributed by atoms with Crippen molar-refractivity contribution in [2.75, 3.05) is 12.0 Å². The van der Waals surface area contributed by atoms with Gasteiger partial charge in [0.2, 0.25) is 0 Å². The van der Waals surface area contributed by atoms with Crippen LogP contribution >= 0.6 is 11.8 Å². The molecule has 104 valence electrons. The van der Waals surface area contributed by atoms with Crippen molar-refractivity contribution < 1.29 is 30.3 Å². The third-order valence-electron chi connectivity index (χ3n) is 2.30. The van der Waals surface area contributed by atoms with Crippen LogP contribution in [0.15, 0.2) is 0 Å². The maximum absolute atomic E-state index is 11.6. The first-order valence-electron chi connectivity index (χ1n) is 5.45. The smallest absolute Gasteiger partial charge is 0.326 e. The Morgan fingerprint density at radius 1 is 1.28 bits per heavy atom. The summed E-state index contributed by atoms with van der Waals surface area (Å²) in [6.07, 6.45) is 2.02. The van der Waals surface area contributed by atoms with Gasteiger partial charge in [0.05, 0.1) is 0 Å². The zero-order chi connectivity index (χ0) is 14.1. The van der Waals surface area contributed by atoms with Crippen molar-refractivity contribution in [3.05, 3.63) is 0 Å². The number of carboxylic acids is 2. The third kappa shape index (κ3) is 7.13. The number of nitrogens with one attached hydrogen (secondary N) is 1. The minimum Gasteiger partial charge on any atom is -0.481 e.